The molecule has 2 rings (SSSR count). The van der Waals surface area contributed by atoms with Crippen molar-refractivity contribution in [2.24, 2.45) is 0 Å². The summed E-state index contributed by atoms with van der Waals surface area (Å²) >= 11 is 0. The number of hydrogen-bond acceptors (Lipinski definition) is 2. The highest BCUT2D eigenvalue weighted by molar-refractivity contribution is 5.15. The van der Waals surface area contributed by atoms with Crippen molar-refractivity contribution in [3.8, 4) is 0 Å². The highest BCUT2D eigenvalue weighted by Crippen LogP contribution is 2.30. The molecule has 2 nitrogen and oxygen atoms in total. The third-order valence-corrected chi connectivity index (χ3v) is 4.19. The van der Waals surface area contributed by atoms with E-state index in [0.717, 1.165) is 26.0 Å². The van der Waals surface area contributed by atoms with E-state index in [0.29, 0.717) is 6.04 Å². The molecule has 0 radical (unpaired) electrons. The predicted molar refractivity (Wildman–Crippen MR) is 80.4 cm³/mol. The van der Waals surface area contributed by atoms with Gasteiger partial charge in [0.05, 0.1) is 5.60 Å². The molecule has 106 valence electrons. The van der Waals surface area contributed by atoms with Gasteiger partial charge in [-0.1, -0.05) is 37.3 Å². The second-order valence-corrected chi connectivity index (χ2v) is 5.80. The smallest absolute Gasteiger partial charge is 0.0807 e. The Morgan fingerprint density at radius 3 is 2.74 bits per heavy atom. The molecule has 0 spiro atoms. The van der Waals surface area contributed by atoms with Crippen LogP contribution in [0.5, 0.6) is 0 Å². The molecule has 1 aliphatic heterocycles. The molecule has 0 saturated carbocycles. The third kappa shape index (κ3) is 4.05. The van der Waals surface area contributed by atoms with Gasteiger partial charge in [-0.3, -0.25) is 0 Å². The first kappa shape index (κ1) is 14.5. The minimum absolute atomic E-state index is 0.0317. The minimum Gasteiger partial charge on any atom is -0.374 e. The molecule has 19 heavy (non-hydrogen) atoms. The lowest BCUT2D eigenvalue weighted by atomic mass is 9.88. The summed E-state index contributed by atoms with van der Waals surface area (Å²) in [5, 5.41) is 3.70. The quantitative estimate of drug-likeness (QED) is 0.810. The number of nitrogens with one attached hydrogen (secondary N) is 1. The van der Waals surface area contributed by atoms with Crippen LogP contribution in [0.3, 0.4) is 0 Å². The van der Waals surface area contributed by atoms with Crippen molar-refractivity contribution < 1.29 is 4.74 Å². The van der Waals surface area contributed by atoms with Gasteiger partial charge >= 0.3 is 0 Å². The van der Waals surface area contributed by atoms with Crippen LogP contribution in [0, 0.1) is 0 Å². The topological polar surface area (TPSA) is 21.3 Å². The van der Waals surface area contributed by atoms with Gasteiger partial charge < -0.3 is 10.1 Å². The molecule has 1 heterocycles. The zero-order valence-electron chi connectivity index (χ0n) is 12.3. The minimum atomic E-state index is 0.0317. The lowest BCUT2D eigenvalue weighted by molar-refractivity contribution is -0.0137. The summed E-state index contributed by atoms with van der Waals surface area (Å²) in [5.74, 6) is 0. The van der Waals surface area contributed by atoms with Crippen LogP contribution in [-0.2, 0) is 11.2 Å². The van der Waals surface area contributed by atoms with Gasteiger partial charge in [-0.15, -0.1) is 0 Å². The molecule has 2 atom stereocenters. The van der Waals surface area contributed by atoms with E-state index in [2.05, 4.69) is 49.5 Å². The summed E-state index contributed by atoms with van der Waals surface area (Å²) in [6.45, 7) is 6.50. The standard InChI is InChI=1S/C17H27NO/c1-3-13-18-16(17(2)12-7-14-19-17)11-10-15-8-5-4-6-9-15/h4-6,8-9,16,18H,3,7,10-14H2,1-2H3. The lowest BCUT2D eigenvalue weighted by Crippen LogP contribution is -2.49. The Kier molecular flexibility index (Phi) is 5.41. The number of hydrogen-bond donors (Lipinski definition) is 1. The molecule has 0 aromatic heterocycles. The van der Waals surface area contributed by atoms with E-state index >= 15 is 0 Å². The van der Waals surface area contributed by atoms with Crippen LogP contribution in [0.15, 0.2) is 30.3 Å². The zero-order valence-corrected chi connectivity index (χ0v) is 12.3. The van der Waals surface area contributed by atoms with Crippen molar-refractivity contribution in [3.05, 3.63) is 35.9 Å². The number of rotatable bonds is 7. The number of ether oxygens (including phenoxy) is 1. The molecule has 1 N–H and O–H groups in total. The molecule has 1 fully saturated rings. The Hall–Kier alpha value is -0.860. The second kappa shape index (κ2) is 7.06. The van der Waals surface area contributed by atoms with Crippen molar-refractivity contribution in [2.75, 3.05) is 13.2 Å². The van der Waals surface area contributed by atoms with Crippen LogP contribution in [0.2, 0.25) is 0 Å². The van der Waals surface area contributed by atoms with E-state index in [1.807, 2.05) is 0 Å². The van der Waals surface area contributed by atoms with E-state index in [1.165, 1.54) is 24.8 Å². The molecular formula is C17H27NO. The summed E-state index contributed by atoms with van der Waals surface area (Å²) in [6.07, 6.45) is 5.84. The normalized spacial score (nSPS) is 24.5. The van der Waals surface area contributed by atoms with Gasteiger partial charge in [0.15, 0.2) is 0 Å². The SMILES string of the molecule is CCCNC(CCc1ccccc1)C1(C)CCCO1. The maximum absolute atomic E-state index is 6.03. The van der Waals surface area contributed by atoms with E-state index < -0.39 is 0 Å². The molecule has 2 unspecified atom stereocenters. The predicted octanol–water partition coefficient (Wildman–Crippen LogP) is 3.56. The van der Waals surface area contributed by atoms with Crippen LogP contribution >= 0.6 is 0 Å². The molecule has 0 bridgehead atoms. The lowest BCUT2D eigenvalue weighted by Gasteiger charge is -2.34. The number of aryl methyl sites for hydroxylation is 1. The van der Waals surface area contributed by atoms with Gasteiger partial charge in [-0.2, -0.15) is 0 Å². The van der Waals surface area contributed by atoms with Gasteiger partial charge in [0.1, 0.15) is 0 Å². The summed E-state index contributed by atoms with van der Waals surface area (Å²) < 4.78 is 6.03. The van der Waals surface area contributed by atoms with Gasteiger partial charge in [-0.05, 0) is 51.1 Å². The molecule has 1 aromatic carbocycles. The van der Waals surface area contributed by atoms with Gasteiger partial charge in [-0.25, -0.2) is 0 Å². The summed E-state index contributed by atoms with van der Waals surface area (Å²) in [4.78, 5) is 0. The zero-order chi connectivity index (χ0) is 13.6. The van der Waals surface area contributed by atoms with Crippen LogP contribution < -0.4 is 5.32 Å². The first-order chi connectivity index (χ1) is 9.24. The van der Waals surface area contributed by atoms with E-state index in [9.17, 15) is 0 Å². The molecular weight excluding hydrogens is 234 g/mol. The van der Waals surface area contributed by atoms with E-state index in [1.54, 1.807) is 0 Å². The Morgan fingerprint density at radius 2 is 2.11 bits per heavy atom. The fourth-order valence-corrected chi connectivity index (χ4v) is 2.97. The highest BCUT2D eigenvalue weighted by atomic mass is 16.5. The third-order valence-electron chi connectivity index (χ3n) is 4.19. The maximum atomic E-state index is 6.03. The molecule has 1 aromatic rings. The number of benzene rings is 1. The largest absolute Gasteiger partial charge is 0.374 e. The van der Waals surface area contributed by atoms with E-state index in [4.69, 9.17) is 4.74 Å². The van der Waals surface area contributed by atoms with E-state index in [-0.39, 0.29) is 5.60 Å². The Bertz CT molecular complexity index is 357. The fraction of sp³-hybridized carbons (Fsp3) is 0.647. The summed E-state index contributed by atoms with van der Waals surface area (Å²) in [7, 11) is 0. The van der Waals surface area contributed by atoms with Crippen molar-refractivity contribution in [1.29, 1.82) is 0 Å². The fourth-order valence-electron chi connectivity index (χ4n) is 2.97. The first-order valence-corrected chi connectivity index (χ1v) is 7.66. The van der Waals surface area contributed by atoms with Gasteiger partial charge in [0, 0.05) is 12.6 Å². The summed E-state index contributed by atoms with van der Waals surface area (Å²) in [5.41, 5.74) is 1.46. The molecule has 1 saturated heterocycles. The maximum Gasteiger partial charge on any atom is 0.0807 e. The van der Waals surface area contributed by atoms with Crippen LogP contribution in [0.1, 0.15) is 45.1 Å². The van der Waals surface area contributed by atoms with Crippen LogP contribution in [0.25, 0.3) is 0 Å². The molecule has 0 aliphatic carbocycles. The van der Waals surface area contributed by atoms with Crippen molar-refractivity contribution >= 4 is 0 Å². The first-order valence-electron chi connectivity index (χ1n) is 7.66. The monoisotopic (exact) mass is 261 g/mol. The van der Waals surface area contributed by atoms with Gasteiger partial charge in [0.25, 0.3) is 0 Å². The van der Waals surface area contributed by atoms with Crippen LogP contribution in [0.4, 0.5) is 0 Å². The van der Waals surface area contributed by atoms with Crippen molar-refractivity contribution in [2.45, 2.75) is 57.6 Å². The van der Waals surface area contributed by atoms with Gasteiger partial charge in [0.2, 0.25) is 0 Å². The molecule has 1 aliphatic rings. The van der Waals surface area contributed by atoms with Crippen molar-refractivity contribution in [1.82, 2.24) is 5.32 Å². The van der Waals surface area contributed by atoms with Crippen LogP contribution in [-0.4, -0.2) is 24.8 Å². The average molecular weight is 261 g/mol. The average Bonchev–Trinajstić information content (AvgIpc) is 2.88. The Balaban J connectivity index is 1.93. The second-order valence-electron chi connectivity index (χ2n) is 5.80. The molecule has 0 amide bonds. The highest BCUT2D eigenvalue weighted by Gasteiger charge is 2.37. The summed E-state index contributed by atoms with van der Waals surface area (Å²) in [6, 6.07) is 11.2. The Morgan fingerprint density at radius 1 is 1.32 bits per heavy atom. The molecule has 2 heteroatoms. The Labute approximate surface area is 117 Å². The van der Waals surface area contributed by atoms with Crippen molar-refractivity contribution in [3.63, 3.8) is 0 Å².